The highest BCUT2D eigenvalue weighted by atomic mass is 32.2. The number of ether oxygens (including phenoxy) is 1. The fourth-order valence-corrected chi connectivity index (χ4v) is 3.09. The Bertz CT molecular complexity index is 659. The normalized spacial score (nSPS) is 14.0. The van der Waals surface area contributed by atoms with Crippen molar-refractivity contribution in [3.05, 3.63) is 29.3 Å². The first kappa shape index (κ1) is 15.1. The topological polar surface area (TPSA) is 52.8 Å². The quantitative estimate of drug-likeness (QED) is 0.789. The van der Waals surface area contributed by atoms with Crippen molar-refractivity contribution < 1.29 is 17.9 Å². The fraction of sp³-hybridized carbons (Fsp3) is 0.462. The zero-order valence-corrected chi connectivity index (χ0v) is 12.3. The monoisotopic (exact) mass is 330 g/mol. The van der Waals surface area contributed by atoms with Crippen LogP contribution in [0.5, 0.6) is 5.75 Å². The number of nitrogens with zero attached hydrogens (tertiary/aromatic N) is 4. The van der Waals surface area contributed by atoms with Crippen LogP contribution < -0.4 is 4.74 Å². The third-order valence-electron chi connectivity index (χ3n) is 3.20. The van der Waals surface area contributed by atoms with E-state index in [9.17, 15) is 13.2 Å². The lowest BCUT2D eigenvalue weighted by atomic mass is 10.1. The Morgan fingerprint density at radius 1 is 1.32 bits per heavy atom. The van der Waals surface area contributed by atoms with Crippen LogP contribution in [-0.2, 0) is 19.4 Å². The Kier molecular flexibility index (Phi) is 4.23. The number of hydrogen-bond acceptors (Lipinski definition) is 5. The number of aromatic nitrogens is 4. The van der Waals surface area contributed by atoms with Crippen LogP contribution >= 0.6 is 11.8 Å². The molecule has 0 saturated heterocycles. The van der Waals surface area contributed by atoms with E-state index in [-0.39, 0.29) is 5.16 Å². The first-order valence-electron chi connectivity index (χ1n) is 6.71. The van der Waals surface area contributed by atoms with Gasteiger partial charge in [0.15, 0.2) is 0 Å². The average Bonchev–Trinajstić information content (AvgIpc) is 3.06. The molecule has 1 aliphatic rings. The molecule has 0 fully saturated rings. The number of rotatable bonds is 5. The molecule has 5 nitrogen and oxygen atoms in total. The molecule has 2 aromatic rings. The van der Waals surface area contributed by atoms with E-state index in [1.54, 1.807) is 0 Å². The van der Waals surface area contributed by atoms with Gasteiger partial charge in [0.25, 0.3) is 0 Å². The van der Waals surface area contributed by atoms with E-state index in [0.29, 0.717) is 12.4 Å². The number of fused-ring (bicyclic) bond motifs is 1. The summed E-state index contributed by atoms with van der Waals surface area (Å²) < 4.78 is 43.3. The molecule has 0 unspecified atom stereocenters. The number of hydrogen-bond donors (Lipinski definition) is 0. The van der Waals surface area contributed by atoms with Crippen LogP contribution in [0.4, 0.5) is 13.2 Å². The second kappa shape index (κ2) is 6.15. The summed E-state index contributed by atoms with van der Waals surface area (Å²) in [7, 11) is 0. The van der Waals surface area contributed by atoms with Gasteiger partial charge in [-0.1, -0.05) is 23.9 Å². The molecule has 22 heavy (non-hydrogen) atoms. The van der Waals surface area contributed by atoms with Crippen molar-refractivity contribution in [2.45, 2.75) is 30.7 Å². The highest BCUT2D eigenvalue weighted by Gasteiger charge is 2.30. The second-order valence-electron chi connectivity index (χ2n) is 4.87. The molecule has 2 heterocycles. The molecule has 0 saturated carbocycles. The van der Waals surface area contributed by atoms with Crippen molar-refractivity contribution in [1.29, 1.82) is 0 Å². The van der Waals surface area contributed by atoms with E-state index in [1.165, 1.54) is 17.3 Å². The van der Waals surface area contributed by atoms with Crippen molar-refractivity contribution in [3.8, 4) is 5.75 Å². The van der Waals surface area contributed by atoms with Gasteiger partial charge in [0.2, 0.25) is 5.16 Å². The van der Waals surface area contributed by atoms with E-state index < -0.39 is 12.7 Å². The Labute approximate surface area is 128 Å². The number of alkyl halides is 3. The number of halogens is 3. The molecule has 0 aliphatic carbocycles. The van der Waals surface area contributed by atoms with Gasteiger partial charge >= 0.3 is 6.18 Å². The van der Waals surface area contributed by atoms with E-state index in [1.807, 2.05) is 12.1 Å². The van der Waals surface area contributed by atoms with Crippen LogP contribution in [0.25, 0.3) is 0 Å². The molecule has 0 radical (unpaired) electrons. The van der Waals surface area contributed by atoms with Crippen LogP contribution in [0, 0.1) is 0 Å². The van der Waals surface area contributed by atoms with Gasteiger partial charge in [-0.05, 0) is 34.0 Å². The lowest BCUT2D eigenvalue weighted by Gasteiger charge is -2.07. The summed E-state index contributed by atoms with van der Waals surface area (Å²) in [6, 6.07) is 6.00. The summed E-state index contributed by atoms with van der Waals surface area (Å²) in [5.74, 6) is 1.53. The Morgan fingerprint density at radius 3 is 3.00 bits per heavy atom. The number of aryl methyl sites for hydroxylation is 1. The lowest BCUT2D eigenvalue weighted by Crippen LogP contribution is -2.19. The van der Waals surface area contributed by atoms with Crippen molar-refractivity contribution in [2.75, 3.05) is 12.4 Å². The van der Waals surface area contributed by atoms with Crippen LogP contribution in [0.2, 0.25) is 0 Å². The summed E-state index contributed by atoms with van der Waals surface area (Å²) in [6.07, 6.45) is -2.69. The highest BCUT2D eigenvalue weighted by molar-refractivity contribution is 7.99. The maximum Gasteiger partial charge on any atom is 0.408 e. The molecule has 118 valence electrons. The SMILES string of the molecule is FC(F)(F)Cn1nnnc1SCCc1ccc2c(c1)CCO2. The summed E-state index contributed by atoms with van der Waals surface area (Å²) in [4.78, 5) is 0. The Hall–Kier alpha value is -1.77. The number of tetrazole rings is 1. The Morgan fingerprint density at radius 2 is 2.18 bits per heavy atom. The molecule has 1 aromatic heterocycles. The molecular formula is C13H13F3N4OS. The number of benzene rings is 1. The van der Waals surface area contributed by atoms with Crippen molar-refractivity contribution in [1.82, 2.24) is 20.2 Å². The minimum absolute atomic E-state index is 0.182. The third kappa shape index (κ3) is 3.70. The maximum atomic E-state index is 12.4. The zero-order chi connectivity index (χ0) is 15.6. The van der Waals surface area contributed by atoms with Gasteiger partial charge in [0.1, 0.15) is 12.3 Å². The second-order valence-corrected chi connectivity index (χ2v) is 5.94. The first-order chi connectivity index (χ1) is 10.5. The molecule has 1 aromatic carbocycles. The highest BCUT2D eigenvalue weighted by Crippen LogP contribution is 2.27. The zero-order valence-electron chi connectivity index (χ0n) is 11.5. The van der Waals surface area contributed by atoms with Gasteiger partial charge in [0, 0.05) is 12.2 Å². The van der Waals surface area contributed by atoms with Crippen LogP contribution in [0.15, 0.2) is 23.4 Å². The predicted octanol–water partition coefficient (Wildman–Crippen LogP) is 2.51. The Balaban J connectivity index is 1.56. The smallest absolute Gasteiger partial charge is 0.408 e. The van der Waals surface area contributed by atoms with Crippen LogP contribution in [0.3, 0.4) is 0 Å². The average molecular weight is 330 g/mol. The minimum Gasteiger partial charge on any atom is -0.493 e. The maximum absolute atomic E-state index is 12.4. The van der Waals surface area contributed by atoms with Gasteiger partial charge in [-0.25, -0.2) is 4.68 Å². The molecular weight excluding hydrogens is 317 g/mol. The summed E-state index contributed by atoms with van der Waals surface area (Å²) in [6.45, 7) is -0.460. The van der Waals surface area contributed by atoms with E-state index in [4.69, 9.17) is 4.74 Å². The first-order valence-corrected chi connectivity index (χ1v) is 7.70. The summed E-state index contributed by atoms with van der Waals surface area (Å²) in [5, 5.41) is 10.5. The standard InChI is InChI=1S/C13H13F3N4OS/c14-13(15,16)8-20-12(17-18-19-20)22-6-4-9-1-2-11-10(7-9)3-5-21-11/h1-2,7H,3-6,8H2. The van der Waals surface area contributed by atoms with Crippen molar-refractivity contribution in [3.63, 3.8) is 0 Å². The molecule has 0 N–H and O–H groups in total. The largest absolute Gasteiger partial charge is 0.493 e. The van der Waals surface area contributed by atoms with Crippen molar-refractivity contribution in [2.24, 2.45) is 0 Å². The van der Waals surface area contributed by atoms with Gasteiger partial charge in [-0.15, -0.1) is 5.10 Å². The minimum atomic E-state index is -4.33. The van der Waals surface area contributed by atoms with E-state index in [0.717, 1.165) is 28.8 Å². The van der Waals surface area contributed by atoms with Crippen LogP contribution in [0.1, 0.15) is 11.1 Å². The third-order valence-corrected chi connectivity index (χ3v) is 4.16. The van der Waals surface area contributed by atoms with Gasteiger partial charge in [-0.2, -0.15) is 13.2 Å². The summed E-state index contributed by atoms with van der Waals surface area (Å²) >= 11 is 1.22. The molecule has 0 bridgehead atoms. The predicted molar refractivity (Wildman–Crippen MR) is 73.9 cm³/mol. The van der Waals surface area contributed by atoms with Gasteiger partial charge in [-0.3, -0.25) is 0 Å². The number of thioether (sulfide) groups is 1. The molecule has 3 rings (SSSR count). The van der Waals surface area contributed by atoms with E-state index >= 15 is 0 Å². The van der Waals surface area contributed by atoms with Crippen molar-refractivity contribution >= 4 is 11.8 Å². The van der Waals surface area contributed by atoms with Gasteiger partial charge < -0.3 is 4.74 Å². The molecule has 0 spiro atoms. The molecule has 9 heteroatoms. The molecule has 0 atom stereocenters. The lowest BCUT2D eigenvalue weighted by molar-refractivity contribution is -0.144. The van der Waals surface area contributed by atoms with E-state index in [2.05, 4.69) is 21.6 Å². The molecule has 1 aliphatic heterocycles. The van der Waals surface area contributed by atoms with Crippen LogP contribution in [-0.4, -0.2) is 38.7 Å². The fourth-order valence-electron chi connectivity index (χ4n) is 2.22. The summed E-state index contributed by atoms with van der Waals surface area (Å²) in [5.41, 5.74) is 2.32. The molecule has 0 amide bonds. The van der Waals surface area contributed by atoms with Gasteiger partial charge in [0.05, 0.1) is 6.61 Å².